The molecule has 0 spiro atoms. The van der Waals surface area contributed by atoms with Crippen molar-refractivity contribution in [1.29, 1.82) is 0 Å². The second-order valence-corrected chi connectivity index (χ2v) is 10.1. The fourth-order valence-electron chi connectivity index (χ4n) is 4.87. The van der Waals surface area contributed by atoms with Crippen LogP contribution in [0.4, 0.5) is 0 Å². The Morgan fingerprint density at radius 3 is 2.73 bits per heavy atom. The predicted octanol–water partition coefficient (Wildman–Crippen LogP) is 5.13. The number of carbonyl (C=O) groups excluding carboxylic acids is 1. The van der Waals surface area contributed by atoms with Gasteiger partial charge in [0.1, 0.15) is 12.4 Å². The van der Waals surface area contributed by atoms with E-state index in [0.717, 1.165) is 28.8 Å². The summed E-state index contributed by atoms with van der Waals surface area (Å²) in [7, 11) is 0. The van der Waals surface area contributed by atoms with Crippen LogP contribution in [0.2, 0.25) is 5.02 Å². The lowest BCUT2D eigenvalue weighted by Gasteiger charge is -2.34. The molecule has 3 aliphatic rings. The number of Topliss-reactive ketones (excluding diaryl/α,β-unsaturated/α-hetero) is 1. The number of ether oxygens (including phenoxy) is 1. The first kappa shape index (κ1) is 21.9. The Kier molecular flexibility index (Phi) is 5.85. The fourth-order valence-corrected chi connectivity index (χ4v) is 5.11. The van der Waals surface area contributed by atoms with Crippen LogP contribution in [0.1, 0.15) is 43.9 Å². The highest BCUT2D eigenvalue weighted by molar-refractivity contribution is 6.32. The van der Waals surface area contributed by atoms with E-state index in [2.05, 4.69) is 29.5 Å². The summed E-state index contributed by atoms with van der Waals surface area (Å²) < 4.78 is 5.96. The SMILES string of the molecule is CC1(C)CC(=O)C2=C(C1)NC1C=NC=CC1NC2c1ccc(OCc2ccccc2)c(Cl)c1. The maximum atomic E-state index is 13.4. The van der Waals surface area contributed by atoms with Gasteiger partial charge in [-0.25, -0.2) is 0 Å². The van der Waals surface area contributed by atoms with Crippen molar-refractivity contribution in [3.8, 4) is 5.75 Å². The van der Waals surface area contributed by atoms with E-state index < -0.39 is 0 Å². The molecule has 2 aliphatic heterocycles. The number of hydrogen-bond donors (Lipinski definition) is 2. The molecule has 170 valence electrons. The number of benzene rings is 2. The molecular weight excluding hydrogens is 434 g/mol. The van der Waals surface area contributed by atoms with Gasteiger partial charge in [0.2, 0.25) is 0 Å². The number of fused-ring (bicyclic) bond motifs is 1. The van der Waals surface area contributed by atoms with Gasteiger partial charge in [-0.2, -0.15) is 0 Å². The summed E-state index contributed by atoms with van der Waals surface area (Å²) in [6, 6.07) is 15.6. The van der Waals surface area contributed by atoms with Gasteiger partial charge in [0.05, 0.1) is 23.1 Å². The normalized spacial score (nSPS) is 25.7. The number of carbonyl (C=O) groups is 1. The lowest BCUT2D eigenvalue weighted by molar-refractivity contribution is -0.118. The van der Waals surface area contributed by atoms with Crippen LogP contribution in [0.3, 0.4) is 0 Å². The van der Waals surface area contributed by atoms with Crippen molar-refractivity contribution < 1.29 is 9.53 Å². The smallest absolute Gasteiger partial charge is 0.163 e. The van der Waals surface area contributed by atoms with Gasteiger partial charge in [0.15, 0.2) is 5.78 Å². The Labute approximate surface area is 199 Å². The molecular formula is C27H28ClN3O2. The maximum absolute atomic E-state index is 13.4. The highest BCUT2D eigenvalue weighted by Gasteiger charge is 2.41. The van der Waals surface area contributed by atoms with E-state index in [9.17, 15) is 4.79 Å². The molecule has 5 nitrogen and oxygen atoms in total. The van der Waals surface area contributed by atoms with Gasteiger partial charge in [0, 0.05) is 30.1 Å². The van der Waals surface area contributed by atoms with E-state index in [1.165, 1.54) is 0 Å². The van der Waals surface area contributed by atoms with E-state index in [-0.39, 0.29) is 29.3 Å². The van der Waals surface area contributed by atoms with E-state index in [1.54, 1.807) is 6.20 Å². The molecule has 0 aromatic heterocycles. The van der Waals surface area contributed by atoms with Crippen LogP contribution in [0.15, 0.2) is 77.1 Å². The topological polar surface area (TPSA) is 62.7 Å². The summed E-state index contributed by atoms with van der Waals surface area (Å²) in [5, 5.41) is 7.82. The first-order chi connectivity index (χ1) is 15.9. The standard InChI is InChI=1S/C27H28ClN3O2/c1-27(2)13-21-25(23(32)14-27)26(31-20-10-11-29-15-22(20)30-21)18-8-9-24(19(28)12-18)33-16-17-6-4-3-5-7-17/h3-12,15,20,22,26,30-31H,13-14,16H2,1-2H3. The van der Waals surface area contributed by atoms with Crippen LogP contribution in [0.5, 0.6) is 5.75 Å². The molecule has 3 atom stereocenters. The molecule has 2 N–H and O–H groups in total. The van der Waals surface area contributed by atoms with Crippen LogP contribution < -0.4 is 15.4 Å². The molecule has 0 saturated heterocycles. The monoisotopic (exact) mass is 461 g/mol. The lowest BCUT2D eigenvalue weighted by atomic mass is 9.73. The van der Waals surface area contributed by atoms with Gasteiger partial charge in [-0.15, -0.1) is 0 Å². The Morgan fingerprint density at radius 1 is 1.12 bits per heavy atom. The van der Waals surface area contributed by atoms with Crippen molar-refractivity contribution >= 4 is 23.6 Å². The van der Waals surface area contributed by atoms with E-state index >= 15 is 0 Å². The predicted molar refractivity (Wildman–Crippen MR) is 131 cm³/mol. The van der Waals surface area contributed by atoms with Crippen LogP contribution in [-0.2, 0) is 11.4 Å². The summed E-state index contributed by atoms with van der Waals surface area (Å²) in [4.78, 5) is 17.7. The van der Waals surface area contributed by atoms with E-state index in [4.69, 9.17) is 16.3 Å². The van der Waals surface area contributed by atoms with Crippen molar-refractivity contribution in [2.45, 2.75) is 51.4 Å². The number of allylic oxidation sites excluding steroid dienone is 1. The first-order valence-corrected chi connectivity index (χ1v) is 11.7. The second-order valence-electron chi connectivity index (χ2n) is 9.73. The number of nitrogens with one attached hydrogen (secondary N) is 2. The van der Waals surface area contributed by atoms with Crippen molar-refractivity contribution in [3.63, 3.8) is 0 Å². The van der Waals surface area contributed by atoms with Crippen LogP contribution in [0.25, 0.3) is 0 Å². The molecule has 0 fully saturated rings. The highest BCUT2D eigenvalue weighted by Crippen LogP contribution is 2.42. The lowest BCUT2D eigenvalue weighted by Crippen LogP contribution is -2.47. The molecule has 33 heavy (non-hydrogen) atoms. The Morgan fingerprint density at radius 2 is 1.94 bits per heavy atom. The maximum Gasteiger partial charge on any atom is 0.163 e. The first-order valence-electron chi connectivity index (χ1n) is 11.3. The zero-order valence-electron chi connectivity index (χ0n) is 18.8. The number of halogens is 1. The van der Waals surface area contributed by atoms with Crippen LogP contribution in [-0.4, -0.2) is 24.1 Å². The number of ketones is 1. The largest absolute Gasteiger partial charge is 0.487 e. The van der Waals surface area contributed by atoms with Crippen molar-refractivity contribution in [2.24, 2.45) is 10.4 Å². The zero-order valence-corrected chi connectivity index (χ0v) is 19.6. The second kappa shape index (κ2) is 8.81. The van der Waals surface area contributed by atoms with Gasteiger partial charge < -0.3 is 10.1 Å². The van der Waals surface area contributed by atoms with Crippen LogP contribution >= 0.6 is 11.6 Å². The van der Waals surface area contributed by atoms with E-state index in [0.29, 0.717) is 23.8 Å². The number of aliphatic imine (C=N–C) groups is 1. The zero-order chi connectivity index (χ0) is 23.0. The highest BCUT2D eigenvalue weighted by atomic mass is 35.5. The number of hydrogen-bond acceptors (Lipinski definition) is 5. The molecule has 0 amide bonds. The molecule has 0 radical (unpaired) electrons. The van der Waals surface area contributed by atoms with Gasteiger partial charge in [-0.05, 0) is 41.2 Å². The average molecular weight is 462 g/mol. The molecule has 2 aromatic carbocycles. The Bertz CT molecular complexity index is 1150. The molecule has 2 aromatic rings. The molecule has 5 rings (SSSR count). The summed E-state index contributed by atoms with van der Waals surface area (Å²) in [6.07, 6.45) is 7.09. The van der Waals surface area contributed by atoms with Crippen LogP contribution in [0, 0.1) is 5.41 Å². The summed E-state index contributed by atoms with van der Waals surface area (Å²) in [5.74, 6) is 0.801. The number of rotatable bonds is 4. The molecule has 2 heterocycles. The Hall–Kier alpha value is -2.89. The molecule has 0 saturated carbocycles. The average Bonchev–Trinajstić information content (AvgIpc) is 2.94. The molecule has 0 bridgehead atoms. The quantitative estimate of drug-likeness (QED) is 0.662. The molecule has 6 heteroatoms. The van der Waals surface area contributed by atoms with E-state index in [1.807, 2.05) is 60.8 Å². The minimum Gasteiger partial charge on any atom is -0.487 e. The van der Waals surface area contributed by atoms with Gasteiger partial charge in [-0.3, -0.25) is 15.1 Å². The van der Waals surface area contributed by atoms with Gasteiger partial charge >= 0.3 is 0 Å². The molecule has 3 unspecified atom stereocenters. The van der Waals surface area contributed by atoms with Crippen molar-refractivity contribution in [3.05, 3.63) is 88.2 Å². The summed E-state index contributed by atoms with van der Waals surface area (Å²) in [5.41, 5.74) is 3.76. The summed E-state index contributed by atoms with van der Waals surface area (Å²) in [6.45, 7) is 4.74. The van der Waals surface area contributed by atoms with Gasteiger partial charge in [0.25, 0.3) is 0 Å². The third-order valence-corrected chi connectivity index (χ3v) is 6.74. The van der Waals surface area contributed by atoms with Crippen molar-refractivity contribution in [1.82, 2.24) is 10.6 Å². The Balaban J connectivity index is 1.47. The fraction of sp³-hybridized carbons (Fsp3) is 0.333. The van der Waals surface area contributed by atoms with Gasteiger partial charge in [-0.1, -0.05) is 61.8 Å². The minimum absolute atomic E-state index is 0.00403. The third-order valence-electron chi connectivity index (χ3n) is 6.45. The molecule has 1 aliphatic carbocycles. The van der Waals surface area contributed by atoms with Crippen molar-refractivity contribution in [2.75, 3.05) is 0 Å². The number of nitrogens with zero attached hydrogens (tertiary/aromatic N) is 1. The minimum atomic E-state index is -0.261. The third kappa shape index (κ3) is 4.61. The summed E-state index contributed by atoms with van der Waals surface area (Å²) >= 11 is 6.65.